The highest BCUT2D eigenvalue weighted by Gasteiger charge is 2.14. The monoisotopic (exact) mass is 255 g/mol. The highest BCUT2D eigenvalue weighted by molar-refractivity contribution is 9.10. The van der Waals surface area contributed by atoms with E-state index >= 15 is 0 Å². The average Bonchev–Trinajstić information content (AvgIpc) is 2.07. The van der Waals surface area contributed by atoms with E-state index in [0.717, 1.165) is 12.1 Å². The van der Waals surface area contributed by atoms with Crippen LogP contribution < -0.4 is 0 Å². The van der Waals surface area contributed by atoms with E-state index in [1.165, 1.54) is 6.07 Å². The van der Waals surface area contributed by atoms with Crippen molar-refractivity contribution in [1.82, 2.24) is 0 Å². The Bertz CT molecular complexity index is 473. The van der Waals surface area contributed by atoms with Gasteiger partial charge >= 0.3 is 0 Å². The molecule has 0 heterocycles. The molecule has 0 aromatic heterocycles. The summed E-state index contributed by atoms with van der Waals surface area (Å²) in [7, 11) is 0. The van der Waals surface area contributed by atoms with Crippen molar-refractivity contribution in [1.29, 1.82) is 0 Å². The van der Waals surface area contributed by atoms with Crippen LogP contribution in [0.4, 0.5) is 0 Å². The van der Waals surface area contributed by atoms with Gasteiger partial charge in [0.2, 0.25) is 0 Å². The molecule has 0 unspecified atom stereocenters. The Morgan fingerprint density at radius 1 is 1.33 bits per heavy atom. The highest BCUT2D eigenvalue weighted by atomic mass is 79.9. The number of rotatable bonds is 0. The minimum atomic E-state index is -3.28. The molecule has 1 aromatic carbocycles. The third kappa shape index (κ3) is 2.49. The molecule has 0 aliphatic carbocycles. The van der Waals surface area contributed by atoms with Crippen molar-refractivity contribution >= 4 is 27.5 Å². The third-order valence-electron chi connectivity index (χ3n) is 1.30. The Balaban J connectivity index is 3.90. The standard InChI is InChI=1S/C10H12BrCl/c1-10(2,3)7-4-8(11)6-9(12)5-7/h4-6H,1-3H3/i1D3,2D3,3D3. The Morgan fingerprint density at radius 3 is 2.50 bits per heavy atom. The molecule has 0 bridgehead atoms. The highest BCUT2D eigenvalue weighted by Crippen LogP contribution is 2.28. The smallest absolute Gasteiger partial charge is 0.0420 e. The fourth-order valence-electron chi connectivity index (χ4n) is 0.770. The van der Waals surface area contributed by atoms with Crippen LogP contribution in [0.3, 0.4) is 0 Å². The summed E-state index contributed by atoms with van der Waals surface area (Å²) in [5.41, 5.74) is -3.40. The number of benzene rings is 1. The zero-order chi connectivity index (χ0) is 16.9. The molecule has 2 heteroatoms. The van der Waals surface area contributed by atoms with Gasteiger partial charge in [-0.1, -0.05) is 48.1 Å². The van der Waals surface area contributed by atoms with Crippen LogP contribution in [0, 0.1) is 0 Å². The molecule has 0 spiro atoms. The van der Waals surface area contributed by atoms with Gasteiger partial charge in [0.05, 0.1) is 0 Å². The van der Waals surface area contributed by atoms with E-state index in [4.69, 9.17) is 23.9 Å². The predicted octanol–water partition coefficient (Wildman–Crippen LogP) is 4.40. The largest absolute Gasteiger partial charge is 0.0843 e. The zero-order valence-electron chi connectivity index (χ0n) is 15.0. The van der Waals surface area contributed by atoms with Gasteiger partial charge in [-0.2, -0.15) is 0 Å². The summed E-state index contributed by atoms with van der Waals surface area (Å²) in [5, 5.41) is 0.0431. The lowest BCUT2D eigenvalue weighted by Crippen LogP contribution is -2.10. The van der Waals surface area contributed by atoms with Gasteiger partial charge in [-0.05, 0) is 29.2 Å². The summed E-state index contributed by atoms with van der Waals surface area (Å²) < 4.78 is 68.5. The van der Waals surface area contributed by atoms with Crippen molar-refractivity contribution in [2.24, 2.45) is 0 Å². The van der Waals surface area contributed by atoms with Gasteiger partial charge in [-0.3, -0.25) is 0 Å². The first-order chi connectivity index (χ1) is 9.14. The van der Waals surface area contributed by atoms with Gasteiger partial charge in [-0.25, -0.2) is 0 Å². The average molecular weight is 257 g/mol. The van der Waals surface area contributed by atoms with Crippen LogP contribution in [-0.4, -0.2) is 0 Å². The fourth-order valence-corrected chi connectivity index (χ4v) is 1.63. The molecule has 1 aromatic rings. The SMILES string of the molecule is [2H]C([2H])([2H])C(c1cc(Cl)cc(Br)c1)(C([2H])([2H])[2H])C([2H])([2H])[2H]. The van der Waals surface area contributed by atoms with Crippen LogP contribution in [0.2, 0.25) is 5.02 Å². The maximum absolute atomic E-state index is 7.58. The van der Waals surface area contributed by atoms with Gasteiger partial charge in [0, 0.05) is 21.8 Å². The van der Waals surface area contributed by atoms with E-state index in [1.807, 2.05) is 0 Å². The van der Waals surface area contributed by atoms with E-state index in [0.29, 0.717) is 4.47 Å². The molecule has 12 heavy (non-hydrogen) atoms. The summed E-state index contributed by atoms with van der Waals surface area (Å²) in [4.78, 5) is 0. The number of hydrogen-bond donors (Lipinski definition) is 0. The number of hydrogen-bond acceptors (Lipinski definition) is 0. The first-order valence-electron chi connectivity index (χ1n) is 7.61. The van der Waals surface area contributed by atoms with E-state index in [9.17, 15) is 0 Å². The Hall–Kier alpha value is -0.0100. The van der Waals surface area contributed by atoms with Gasteiger partial charge in [-0.15, -0.1) is 0 Å². The molecule has 0 fully saturated rings. The molecule has 0 saturated heterocycles. The van der Waals surface area contributed by atoms with E-state index < -0.39 is 26.0 Å². The molecule has 0 aliphatic rings. The van der Waals surface area contributed by atoms with Gasteiger partial charge in [0.15, 0.2) is 0 Å². The van der Waals surface area contributed by atoms with Crippen LogP contribution in [0.25, 0.3) is 0 Å². The van der Waals surface area contributed by atoms with Crippen LogP contribution >= 0.6 is 27.5 Å². The van der Waals surface area contributed by atoms with Crippen molar-refractivity contribution < 1.29 is 12.3 Å². The third-order valence-corrected chi connectivity index (χ3v) is 1.97. The lowest BCUT2D eigenvalue weighted by atomic mass is 9.87. The fraction of sp³-hybridized carbons (Fsp3) is 0.400. The van der Waals surface area contributed by atoms with Gasteiger partial charge in [0.25, 0.3) is 0 Å². The molecule has 0 atom stereocenters. The minimum Gasteiger partial charge on any atom is -0.0843 e. The van der Waals surface area contributed by atoms with E-state index in [-0.39, 0.29) is 10.6 Å². The number of halogens is 2. The normalized spacial score (nSPS) is 26.0. The second-order valence-electron chi connectivity index (χ2n) is 2.41. The summed E-state index contributed by atoms with van der Waals surface area (Å²) in [5.74, 6) is 0. The van der Waals surface area contributed by atoms with Crippen LogP contribution in [-0.2, 0) is 5.41 Å². The summed E-state index contributed by atoms with van der Waals surface area (Å²) in [6, 6.07) is 3.64. The molecule has 0 saturated carbocycles. The molecule has 0 aliphatic heterocycles. The lowest BCUT2D eigenvalue weighted by molar-refractivity contribution is 0.590. The maximum Gasteiger partial charge on any atom is 0.0420 e. The summed E-state index contributed by atoms with van der Waals surface area (Å²) in [6.45, 7) is -9.85. The van der Waals surface area contributed by atoms with E-state index in [2.05, 4.69) is 15.9 Å². The molecule has 0 radical (unpaired) electrons. The molecule has 0 amide bonds. The van der Waals surface area contributed by atoms with Crippen molar-refractivity contribution in [3.63, 3.8) is 0 Å². The molecule has 0 N–H and O–H groups in total. The van der Waals surface area contributed by atoms with Gasteiger partial charge < -0.3 is 0 Å². The second-order valence-corrected chi connectivity index (χ2v) is 3.76. The van der Waals surface area contributed by atoms with Crippen molar-refractivity contribution in [2.45, 2.75) is 26.0 Å². The zero-order valence-corrected chi connectivity index (χ0v) is 8.33. The molecular formula is C10H12BrCl. The van der Waals surface area contributed by atoms with Crippen molar-refractivity contribution in [3.8, 4) is 0 Å². The van der Waals surface area contributed by atoms with Gasteiger partial charge in [0.1, 0.15) is 0 Å². The molecule has 66 valence electrons. The quantitative estimate of drug-likeness (QED) is 0.645. The first kappa shape index (κ1) is 3.29. The van der Waals surface area contributed by atoms with Crippen molar-refractivity contribution in [2.75, 3.05) is 0 Å². The van der Waals surface area contributed by atoms with Crippen LogP contribution in [0.1, 0.15) is 38.5 Å². The molecular weight excluding hydrogens is 235 g/mol. The van der Waals surface area contributed by atoms with Crippen LogP contribution in [0.15, 0.2) is 22.7 Å². The Morgan fingerprint density at radius 2 is 2.00 bits per heavy atom. The topological polar surface area (TPSA) is 0 Å². The molecule has 1 rings (SSSR count). The predicted molar refractivity (Wildman–Crippen MR) is 57.9 cm³/mol. The second kappa shape index (κ2) is 3.39. The van der Waals surface area contributed by atoms with Crippen molar-refractivity contribution in [3.05, 3.63) is 33.3 Å². The summed E-state index contributed by atoms with van der Waals surface area (Å²) in [6.07, 6.45) is 0. The van der Waals surface area contributed by atoms with E-state index in [1.54, 1.807) is 0 Å². The lowest BCUT2D eigenvalue weighted by Gasteiger charge is -2.19. The van der Waals surface area contributed by atoms with Crippen LogP contribution in [0.5, 0.6) is 0 Å². The maximum atomic E-state index is 7.58. The minimum absolute atomic E-state index is 0.0431. The molecule has 0 nitrogen and oxygen atoms in total. The first-order valence-corrected chi connectivity index (χ1v) is 4.28. The summed E-state index contributed by atoms with van der Waals surface area (Å²) >= 11 is 8.90. The Kier molecular flexibility index (Phi) is 0.928. The Labute approximate surface area is 99.7 Å².